The fourth-order valence-electron chi connectivity index (χ4n) is 7.83. The number of nitrogens with one attached hydrogen (secondary N) is 2. The molecule has 4 unspecified atom stereocenters. The topological polar surface area (TPSA) is 128 Å². The van der Waals surface area contributed by atoms with Gasteiger partial charge >= 0.3 is 6.18 Å². The van der Waals surface area contributed by atoms with Crippen LogP contribution in [0.1, 0.15) is 102 Å². The zero-order valence-corrected chi connectivity index (χ0v) is 25.5. The Morgan fingerprint density at radius 3 is 2.53 bits per heavy atom. The van der Waals surface area contributed by atoms with Crippen molar-refractivity contribution in [3.8, 4) is 0 Å². The van der Waals surface area contributed by atoms with Gasteiger partial charge in [0.1, 0.15) is 5.78 Å². The van der Waals surface area contributed by atoms with Gasteiger partial charge in [-0.05, 0) is 55.8 Å². The summed E-state index contributed by atoms with van der Waals surface area (Å²) in [5.41, 5.74) is 2.72. The summed E-state index contributed by atoms with van der Waals surface area (Å²) in [4.78, 5) is 47.8. The monoisotopic (exact) mass is 610 g/mol. The molecular formula is C30H45F3N6O4. The number of carbonyl (C=O) groups is 3. The summed E-state index contributed by atoms with van der Waals surface area (Å²) < 4.78 is 42.3. The Balaban J connectivity index is 1.60. The third kappa shape index (κ3) is 6.38. The number of piperidine rings is 1. The second-order valence-corrected chi connectivity index (χ2v) is 13.0. The number of hydrogen-bond acceptors (Lipinski definition) is 8. The first-order valence-corrected chi connectivity index (χ1v) is 15.5. The van der Waals surface area contributed by atoms with E-state index in [1.807, 2.05) is 20.8 Å². The van der Waals surface area contributed by atoms with Crippen molar-refractivity contribution < 1.29 is 32.8 Å². The van der Waals surface area contributed by atoms with Gasteiger partial charge in [-0.1, -0.05) is 47.0 Å². The number of hydrogen-bond donors (Lipinski definition) is 3. The van der Waals surface area contributed by atoms with Crippen LogP contribution in [-0.4, -0.2) is 68.9 Å². The van der Waals surface area contributed by atoms with E-state index >= 15 is 0 Å². The van der Waals surface area contributed by atoms with Crippen LogP contribution in [0.3, 0.4) is 0 Å². The average Bonchev–Trinajstić information content (AvgIpc) is 3.50. The van der Waals surface area contributed by atoms with Crippen LogP contribution in [0, 0.1) is 28.6 Å². The van der Waals surface area contributed by atoms with Crippen molar-refractivity contribution >= 4 is 24.0 Å². The Bertz CT molecular complexity index is 1180. The summed E-state index contributed by atoms with van der Waals surface area (Å²) in [6, 6.07) is -0.474. The van der Waals surface area contributed by atoms with E-state index in [1.54, 1.807) is 0 Å². The zero-order chi connectivity index (χ0) is 31.6. The van der Waals surface area contributed by atoms with Gasteiger partial charge in [0.2, 0.25) is 12.4 Å². The molecule has 0 aromatic carbocycles. The minimum Gasteiger partial charge on any atom is -0.339 e. The van der Waals surface area contributed by atoms with Gasteiger partial charge in [0.05, 0.1) is 17.5 Å². The first kappa shape index (κ1) is 33.1. The lowest BCUT2D eigenvalue weighted by Crippen LogP contribution is -2.54. The van der Waals surface area contributed by atoms with E-state index in [0.29, 0.717) is 31.0 Å². The lowest BCUT2D eigenvalue weighted by Gasteiger charge is -2.39. The van der Waals surface area contributed by atoms with Gasteiger partial charge in [0.25, 0.3) is 5.91 Å². The van der Waals surface area contributed by atoms with Gasteiger partial charge in [0, 0.05) is 31.2 Å². The maximum atomic E-state index is 14.4. The van der Waals surface area contributed by atoms with E-state index < -0.39 is 46.1 Å². The molecule has 1 saturated heterocycles. The summed E-state index contributed by atoms with van der Waals surface area (Å²) in [6.45, 7) is 8.78. The van der Waals surface area contributed by atoms with Gasteiger partial charge < -0.3 is 4.90 Å². The van der Waals surface area contributed by atoms with Crippen LogP contribution >= 0.6 is 0 Å². The number of Topliss-reactive ketones (excluding diaryl/α,β-unsaturated/α-hetero) is 1. The van der Waals surface area contributed by atoms with Gasteiger partial charge in [-0.3, -0.25) is 25.0 Å². The third-order valence-corrected chi connectivity index (χ3v) is 10.1. The van der Waals surface area contributed by atoms with E-state index in [4.69, 9.17) is 0 Å². The molecule has 240 valence electrons. The van der Waals surface area contributed by atoms with Crippen molar-refractivity contribution in [3.63, 3.8) is 0 Å². The van der Waals surface area contributed by atoms with Crippen LogP contribution < -0.4 is 10.9 Å². The maximum absolute atomic E-state index is 14.4. The second kappa shape index (κ2) is 13.1. The number of aromatic nitrogens is 2. The summed E-state index contributed by atoms with van der Waals surface area (Å²) >= 11 is 0. The van der Waals surface area contributed by atoms with Crippen molar-refractivity contribution in [3.05, 3.63) is 17.5 Å². The molecule has 3 fully saturated rings. The van der Waals surface area contributed by atoms with Crippen molar-refractivity contribution in [2.75, 3.05) is 25.1 Å². The van der Waals surface area contributed by atoms with Crippen molar-refractivity contribution in [1.29, 1.82) is 0 Å². The highest BCUT2D eigenvalue weighted by Gasteiger charge is 2.79. The molecule has 5 atom stereocenters. The molecule has 3 N–H and O–H groups in total. The van der Waals surface area contributed by atoms with Crippen LogP contribution in [0.2, 0.25) is 0 Å². The highest BCUT2D eigenvalue weighted by Crippen LogP contribution is 2.76. The number of hydroxylamine groups is 2. The van der Waals surface area contributed by atoms with Crippen molar-refractivity contribution in [2.24, 2.45) is 28.6 Å². The fourth-order valence-corrected chi connectivity index (χ4v) is 7.83. The molecule has 4 rings (SSSR count). The van der Waals surface area contributed by atoms with Gasteiger partial charge in [-0.25, -0.2) is 20.5 Å². The number of rotatable bonds is 13. The van der Waals surface area contributed by atoms with Crippen molar-refractivity contribution in [1.82, 2.24) is 25.4 Å². The Labute approximate surface area is 251 Å². The minimum atomic E-state index is -4.88. The molecule has 2 saturated carbocycles. The summed E-state index contributed by atoms with van der Waals surface area (Å²) in [5.74, 6) is -1.72. The maximum Gasteiger partial charge on any atom is 0.434 e. The number of alkyl halides is 3. The lowest BCUT2D eigenvalue weighted by molar-refractivity contribution is -0.156. The number of ketones is 1. The number of fused-ring (bicyclic) bond motifs is 1. The van der Waals surface area contributed by atoms with E-state index in [0.717, 1.165) is 57.6 Å². The first-order chi connectivity index (χ1) is 20.3. The first-order valence-electron chi connectivity index (χ1n) is 15.5. The van der Waals surface area contributed by atoms with Crippen LogP contribution in [0.5, 0.6) is 0 Å². The minimum absolute atomic E-state index is 0.0240. The van der Waals surface area contributed by atoms with Crippen molar-refractivity contribution in [2.45, 2.75) is 97.7 Å². The zero-order valence-electron chi connectivity index (χ0n) is 25.5. The average molecular weight is 611 g/mol. The third-order valence-electron chi connectivity index (χ3n) is 10.1. The summed E-state index contributed by atoms with van der Waals surface area (Å²) in [6.07, 6.45) is 3.50. The summed E-state index contributed by atoms with van der Waals surface area (Å²) in [7, 11) is 0. The molecule has 0 radical (unpaired) electrons. The van der Waals surface area contributed by atoms with E-state index in [2.05, 4.69) is 27.7 Å². The lowest BCUT2D eigenvalue weighted by atomic mass is 9.70. The molecule has 2 aliphatic carbocycles. The Hall–Kier alpha value is -2.80. The predicted molar refractivity (Wildman–Crippen MR) is 153 cm³/mol. The van der Waals surface area contributed by atoms with Gasteiger partial charge in [-0.2, -0.15) is 13.2 Å². The van der Waals surface area contributed by atoms with E-state index in [1.165, 1.54) is 4.90 Å². The molecule has 13 heteroatoms. The number of nitrogens with zero attached hydrogens (tertiary/aromatic N) is 4. The molecule has 0 spiro atoms. The van der Waals surface area contributed by atoms with Crippen LogP contribution in [0.4, 0.5) is 19.1 Å². The quantitative estimate of drug-likeness (QED) is 0.122. The second-order valence-electron chi connectivity index (χ2n) is 13.0. The smallest absolute Gasteiger partial charge is 0.339 e. The summed E-state index contributed by atoms with van der Waals surface area (Å²) in [5, 5.41) is 10.5. The molecule has 2 amide bonds. The molecule has 1 aromatic heterocycles. The predicted octanol–water partition coefficient (Wildman–Crippen LogP) is 5.09. The number of halogens is 3. The SMILES string of the molecule is CCCCC[C@H](CN(O)C=O)C(=O)C12C(NNc3ncc(C(=O)N4CCCCC4)c(C(F)(F)F)n3)C(C)CCC1C2(C)C. The highest BCUT2D eigenvalue weighted by atomic mass is 19.4. The van der Waals surface area contributed by atoms with Crippen LogP contribution in [0.25, 0.3) is 0 Å². The fraction of sp³-hybridized carbons (Fsp3) is 0.767. The Kier molecular flexibility index (Phi) is 10.0. The number of anilines is 1. The number of hydrazine groups is 1. The Morgan fingerprint density at radius 2 is 1.91 bits per heavy atom. The van der Waals surface area contributed by atoms with E-state index in [9.17, 15) is 32.8 Å². The molecule has 2 heterocycles. The number of amides is 2. The van der Waals surface area contributed by atoms with Crippen LogP contribution in [-0.2, 0) is 15.8 Å². The highest BCUT2D eigenvalue weighted by molar-refractivity contribution is 5.95. The molecular weight excluding hydrogens is 565 g/mol. The van der Waals surface area contributed by atoms with Gasteiger partial charge in [0.15, 0.2) is 5.69 Å². The largest absolute Gasteiger partial charge is 0.434 e. The molecule has 10 nitrogen and oxygen atoms in total. The van der Waals surface area contributed by atoms with Crippen LogP contribution in [0.15, 0.2) is 6.20 Å². The molecule has 0 bridgehead atoms. The normalized spacial score (nSPS) is 27.2. The van der Waals surface area contributed by atoms with Gasteiger partial charge in [-0.15, -0.1) is 0 Å². The number of carbonyl (C=O) groups excluding carboxylic acids is 3. The Morgan fingerprint density at radius 1 is 1.21 bits per heavy atom. The standard InChI is InChI=1S/C30H45F3N6O4/c1-5-6-8-11-20(17-39(43)18-40)25(41)29-22(28(29,3)4)13-12-19(2)23(29)36-37-27-34-16-21(24(35-27)30(31,32)33)26(42)38-14-9-7-10-15-38/h16,18-20,22-23,36,43H,5-15,17H2,1-4H3,(H,34,35,37)/t19?,20-,22?,23?,29?/m1/s1. The molecule has 3 aliphatic rings. The molecule has 1 aromatic rings. The molecule has 43 heavy (non-hydrogen) atoms. The molecule has 1 aliphatic heterocycles. The number of likely N-dealkylation sites (tertiary alicyclic amines) is 1. The van der Waals surface area contributed by atoms with E-state index in [-0.39, 0.29) is 30.1 Å². The number of unbranched alkanes of at least 4 members (excludes halogenated alkanes) is 2.